The molecule has 4 nitrogen and oxygen atoms in total. The third-order valence-electron chi connectivity index (χ3n) is 5.64. The molecule has 29 heavy (non-hydrogen) atoms. The minimum absolute atomic E-state index is 0.135. The van der Waals surface area contributed by atoms with Gasteiger partial charge in [0.2, 0.25) is 5.91 Å². The summed E-state index contributed by atoms with van der Waals surface area (Å²) < 4.78 is 0. The second-order valence-electron chi connectivity index (χ2n) is 7.78. The van der Waals surface area contributed by atoms with Crippen molar-refractivity contribution in [1.29, 1.82) is 0 Å². The number of hydrogen-bond donors (Lipinski definition) is 0. The Balaban J connectivity index is 1.44. The first kappa shape index (κ1) is 20.2. The molecule has 1 fully saturated rings. The molecule has 0 spiro atoms. The molecule has 2 aliphatic rings. The molecule has 1 atom stereocenters. The average molecular weight is 431 g/mol. The van der Waals surface area contributed by atoms with Gasteiger partial charge >= 0.3 is 0 Å². The van der Waals surface area contributed by atoms with Crippen molar-refractivity contribution >= 4 is 34.8 Å². The summed E-state index contributed by atoms with van der Waals surface area (Å²) in [5.41, 5.74) is 2.86. The third kappa shape index (κ3) is 4.93. The zero-order chi connectivity index (χ0) is 20.2. The number of benzene rings is 2. The Hall–Kier alpha value is -2.04. The first-order valence-corrected chi connectivity index (χ1v) is 10.9. The van der Waals surface area contributed by atoms with Crippen molar-refractivity contribution in [3.05, 3.63) is 69.7 Å². The molecule has 1 saturated carbocycles. The maximum absolute atomic E-state index is 13.2. The lowest BCUT2D eigenvalue weighted by Crippen LogP contribution is -2.40. The Morgan fingerprint density at radius 2 is 1.83 bits per heavy atom. The van der Waals surface area contributed by atoms with Crippen molar-refractivity contribution in [2.75, 3.05) is 6.54 Å². The molecule has 2 aromatic carbocycles. The van der Waals surface area contributed by atoms with Crippen LogP contribution in [0.25, 0.3) is 0 Å². The first-order valence-electron chi connectivity index (χ1n) is 10.1. The molecular formula is C23H24Cl2N2O2. The number of oxime groups is 1. The van der Waals surface area contributed by atoms with Gasteiger partial charge in [0.15, 0.2) is 6.10 Å². The SMILES string of the molecule is O=C(C1CCCC1)N(Cc1ccccc1)C[C@@H]1CC(c2ccc(Cl)c(Cl)c2)=NO1. The van der Waals surface area contributed by atoms with Gasteiger partial charge in [0, 0.05) is 24.4 Å². The summed E-state index contributed by atoms with van der Waals surface area (Å²) in [5, 5.41) is 5.27. The molecule has 0 N–H and O–H groups in total. The number of rotatable bonds is 6. The number of nitrogens with zero attached hydrogens (tertiary/aromatic N) is 2. The van der Waals surface area contributed by atoms with Gasteiger partial charge in [-0.2, -0.15) is 0 Å². The Labute approximate surface area is 181 Å². The van der Waals surface area contributed by atoms with Crippen LogP contribution >= 0.6 is 23.2 Å². The highest BCUT2D eigenvalue weighted by atomic mass is 35.5. The fourth-order valence-electron chi connectivity index (χ4n) is 4.09. The second kappa shape index (κ2) is 9.19. The molecule has 2 aromatic rings. The fraction of sp³-hybridized carbons (Fsp3) is 0.391. The van der Waals surface area contributed by atoms with E-state index >= 15 is 0 Å². The van der Waals surface area contributed by atoms with Gasteiger partial charge in [-0.25, -0.2) is 0 Å². The minimum atomic E-state index is -0.159. The van der Waals surface area contributed by atoms with E-state index in [0.29, 0.717) is 29.6 Å². The predicted molar refractivity (Wildman–Crippen MR) is 116 cm³/mol. The zero-order valence-electron chi connectivity index (χ0n) is 16.2. The molecule has 0 saturated heterocycles. The highest BCUT2D eigenvalue weighted by Gasteiger charge is 2.31. The van der Waals surface area contributed by atoms with E-state index in [9.17, 15) is 4.79 Å². The highest BCUT2D eigenvalue weighted by molar-refractivity contribution is 6.42. The van der Waals surface area contributed by atoms with E-state index in [4.69, 9.17) is 28.0 Å². The number of amides is 1. The molecule has 0 radical (unpaired) electrons. The van der Waals surface area contributed by atoms with Crippen LogP contribution in [0.5, 0.6) is 0 Å². The van der Waals surface area contributed by atoms with Gasteiger partial charge in [-0.3, -0.25) is 4.79 Å². The van der Waals surface area contributed by atoms with Crippen molar-refractivity contribution < 1.29 is 9.63 Å². The summed E-state index contributed by atoms with van der Waals surface area (Å²) in [5.74, 6) is 0.369. The quantitative estimate of drug-likeness (QED) is 0.588. The van der Waals surface area contributed by atoms with Crippen LogP contribution in [0.1, 0.15) is 43.2 Å². The van der Waals surface area contributed by atoms with E-state index in [1.54, 1.807) is 12.1 Å². The molecular weight excluding hydrogens is 407 g/mol. The smallest absolute Gasteiger partial charge is 0.226 e. The van der Waals surface area contributed by atoms with Crippen molar-refractivity contribution in [2.24, 2.45) is 11.1 Å². The van der Waals surface area contributed by atoms with Crippen LogP contribution in [-0.4, -0.2) is 29.2 Å². The van der Waals surface area contributed by atoms with Crippen LogP contribution in [0.2, 0.25) is 10.0 Å². The standard InChI is InChI=1S/C23H24Cl2N2O2/c24-20-11-10-18(12-21(20)25)22-13-19(29-26-22)15-27(14-16-6-2-1-3-7-16)23(28)17-8-4-5-9-17/h1-3,6-7,10-12,17,19H,4-5,8-9,13-15H2/t19-/m0/s1. The number of hydrogen-bond acceptors (Lipinski definition) is 3. The average Bonchev–Trinajstić information content (AvgIpc) is 3.42. The van der Waals surface area contributed by atoms with Crippen LogP contribution < -0.4 is 0 Å². The maximum Gasteiger partial charge on any atom is 0.226 e. The molecule has 1 aliphatic carbocycles. The van der Waals surface area contributed by atoms with Gasteiger partial charge in [-0.1, -0.05) is 77.6 Å². The lowest BCUT2D eigenvalue weighted by Gasteiger charge is -2.27. The second-order valence-corrected chi connectivity index (χ2v) is 8.60. The number of halogens is 2. The predicted octanol–water partition coefficient (Wildman–Crippen LogP) is 5.71. The van der Waals surface area contributed by atoms with Crippen LogP contribution in [0.15, 0.2) is 53.7 Å². The van der Waals surface area contributed by atoms with E-state index in [2.05, 4.69) is 17.3 Å². The van der Waals surface area contributed by atoms with E-state index in [-0.39, 0.29) is 17.9 Å². The summed E-state index contributed by atoms with van der Waals surface area (Å²) in [7, 11) is 0. The Morgan fingerprint density at radius 3 is 2.55 bits per heavy atom. The highest BCUT2D eigenvalue weighted by Crippen LogP contribution is 2.29. The first-order chi connectivity index (χ1) is 14.1. The van der Waals surface area contributed by atoms with Crippen molar-refractivity contribution in [1.82, 2.24) is 4.90 Å². The monoisotopic (exact) mass is 430 g/mol. The van der Waals surface area contributed by atoms with Gasteiger partial charge < -0.3 is 9.74 Å². The minimum Gasteiger partial charge on any atom is -0.390 e. The molecule has 6 heteroatoms. The van der Waals surface area contributed by atoms with Crippen LogP contribution in [0, 0.1) is 5.92 Å². The van der Waals surface area contributed by atoms with Crippen LogP contribution in [-0.2, 0) is 16.2 Å². The molecule has 1 aliphatic heterocycles. The van der Waals surface area contributed by atoms with Gasteiger partial charge in [-0.05, 0) is 30.5 Å². The Bertz CT molecular complexity index is 895. The van der Waals surface area contributed by atoms with Crippen molar-refractivity contribution in [2.45, 2.75) is 44.8 Å². The zero-order valence-corrected chi connectivity index (χ0v) is 17.7. The summed E-state index contributed by atoms with van der Waals surface area (Å²) in [4.78, 5) is 20.8. The molecule has 1 heterocycles. The molecule has 1 amide bonds. The summed E-state index contributed by atoms with van der Waals surface area (Å²) >= 11 is 12.1. The van der Waals surface area contributed by atoms with Crippen molar-refractivity contribution in [3.63, 3.8) is 0 Å². The van der Waals surface area contributed by atoms with Gasteiger partial charge in [0.05, 0.1) is 22.3 Å². The van der Waals surface area contributed by atoms with Crippen molar-refractivity contribution in [3.8, 4) is 0 Å². The molecule has 0 bridgehead atoms. The lowest BCUT2D eigenvalue weighted by atomic mass is 10.0. The van der Waals surface area contributed by atoms with E-state index < -0.39 is 0 Å². The number of carbonyl (C=O) groups excluding carboxylic acids is 1. The summed E-state index contributed by atoms with van der Waals surface area (Å²) in [6, 6.07) is 15.6. The van der Waals surface area contributed by atoms with Gasteiger partial charge in [0.1, 0.15) is 0 Å². The third-order valence-corrected chi connectivity index (χ3v) is 6.38. The summed E-state index contributed by atoms with van der Waals surface area (Å²) in [6.45, 7) is 1.12. The van der Waals surface area contributed by atoms with Crippen LogP contribution in [0.4, 0.5) is 0 Å². The fourth-order valence-corrected chi connectivity index (χ4v) is 4.38. The van der Waals surface area contributed by atoms with Crippen LogP contribution in [0.3, 0.4) is 0 Å². The molecule has 152 valence electrons. The van der Waals surface area contributed by atoms with E-state index in [1.807, 2.05) is 29.2 Å². The van der Waals surface area contributed by atoms with Gasteiger partial charge in [-0.15, -0.1) is 0 Å². The lowest BCUT2D eigenvalue weighted by molar-refractivity contribution is -0.137. The topological polar surface area (TPSA) is 41.9 Å². The molecule has 0 unspecified atom stereocenters. The molecule has 4 rings (SSSR count). The van der Waals surface area contributed by atoms with Gasteiger partial charge in [0.25, 0.3) is 0 Å². The Kier molecular flexibility index (Phi) is 6.41. The van der Waals surface area contributed by atoms with E-state index in [1.165, 1.54) is 0 Å². The summed E-state index contributed by atoms with van der Waals surface area (Å²) in [6.07, 6.45) is 4.73. The normalized spacial score (nSPS) is 19.1. The largest absolute Gasteiger partial charge is 0.390 e. The Morgan fingerprint density at radius 1 is 1.07 bits per heavy atom. The molecule has 0 aromatic heterocycles. The van der Waals surface area contributed by atoms with E-state index in [0.717, 1.165) is 42.5 Å². The maximum atomic E-state index is 13.2. The number of carbonyl (C=O) groups is 1.